The van der Waals surface area contributed by atoms with Crippen LogP contribution < -0.4 is 10.2 Å². The van der Waals surface area contributed by atoms with Gasteiger partial charge in [-0.1, -0.05) is 12.1 Å². The molecule has 2 aliphatic heterocycles. The monoisotopic (exact) mass is 399 g/mol. The van der Waals surface area contributed by atoms with E-state index in [9.17, 15) is 14.9 Å². The quantitative estimate of drug-likeness (QED) is 0.799. The van der Waals surface area contributed by atoms with Gasteiger partial charge in [-0.15, -0.1) is 0 Å². The van der Waals surface area contributed by atoms with Crippen molar-refractivity contribution in [3.05, 3.63) is 53.1 Å². The van der Waals surface area contributed by atoms with Crippen LogP contribution in [0.1, 0.15) is 34.3 Å². The minimum atomic E-state index is -0.442. The molecule has 2 amide bonds. The lowest BCUT2D eigenvalue weighted by molar-refractivity contribution is -0.121. The average molecular weight is 399 g/mol. The molecule has 2 aromatic carbocycles. The summed E-state index contributed by atoms with van der Waals surface area (Å²) in [5.74, 6) is -0.320. The van der Waals surface area contributed by atoms with Gasteiger partial charge in [0, 0.05) is 31.4 Å². The molecule has 0 aromatic heterocycles. The third kappa shape index (κ3) is 3.25. The maximum Gasteiger partial charge on any atom is 0.251 e. The maximum absolute atomic E-state index is 13.3. The van der Waals surface area contributed by atoms with Gasteiger partial charge in [0.15, 0.2) is 6.19 Å². The number of amides is 2. The highest BCUT2D eigenvalue weighted by Crippen LogP contribution is 2.39. The first-order valence-electron chi connectivity index (χ1n) is 9.94. The second-order valence-corrected chi connectivity index (χ2v) is 7.48. The number of carbonyl (C=O) groups is 2. The molecule has 150 valence electrons. The number of fused-ring (bicyclic) bond motifs is 1. The van der Waals surface area contributed by atoms with Crippen LogP contribution in [0.2, 0.25) is 0 Å². The van der Waals surface area contributed by atoms with E-state index in [0.29, 0.717) is 37.1 Å². The summed E-state index contributed by atoms with van der Waals surface area (Å²) >= 11 is 0. The molecule has 0 saturated carbocycles. The largest absolute Gasteiger partial charge is 0.355 e. The highest BCUT2D eigenvalue weighted by Gasteiger charge is 2.37. The number of hydrogen-bond donors (Lipinski definition) is 1. The Hall–Kier alpha value is -3.84. The van der Waals surface area contributed by atoms with Crippen LogP contribution in [0.3, 0.4) is 0 Å². The molecule has 30 heavy (non-hydrogen) atoms. The van der Waals surface area contributed by atoms with Crippen molar-refractivity contribution in [1.29, 1.82) is 10.5 Å². The number of hydrogen-bond acceptors (Lipinski definition) is 5. The van der Waals surface area contributed by atoms with Crippen molar-refractivity contribution < 1.29 is 9.59 Å². The van der Waals surface area contributed by atoms with Crippen molar-refractivity contribution in [3.8, 4) is 23.4 Å². The van der Waals surface area contributed by atoms with Gasteiger partial charge in [-0.05, 0) is 60.2 Å². The van der Waals surface area contributed by atoms with Gasteiger partial charge in [-0.3, -0.25) is 14.5 Å². The molecule has 1 atom stereocenters. The Morgan fingerprint density at radius 1 is 1.13 bits per heavy atom. The molecule has 1 N–H and O–H groups in total. The minimum absolute atomic E-state index is 0.0902. The van der Waals surface area contributed by atoms with Crippen LogP contribution in [-0.2, 0) is 11.2 Å². The molecule has 0 aliphatic carbocycles. The van der Waals surface area contributed by atoms with E-state index in [0.717, 1.165) is 28.8 Å². The lowest BCUT2D eigenvalue weighted by Gasteiger charge is -2.25. The van der Waals surface area contributed by atoms with E-state index in [1.165, 1.54) is 0 Å². The van der Waals surface area contributed by atoms with Gasteiger partial charge in [-0.25, -0.2) is 0 Å². The Balaban J connectivity index is 1.79. The summed E-state index contributed by atoms with van der Waals surface area (Å²) in [6.07, 6.45) is 4.28. The lowest BCUT2D eigenvalue weighted by atomic mass is 9.94. The number of nitrogens with zero attached hydrogens (tertiary/aromatic N) is 4. The fourth-order valence-electron chi connectivity index (χ4n) is 4.31. The zero-order valence-electron chi connectivity index (χ0n) is 16.7. The summed E-state index contributed by atoms with van der Waals surface area (Å²) in [4.78, 5) is 28.9. The summed E-state index contributed by atoms with van der Waals surface area (Å²) in [6, 6.07) is 12.5. The lowest BCUT2D eigenvalue weighted by Crippen LogP contribution is -2.43. The average Bonchev–Trinajstić information content (AvgIpc) is 3.44. The Bertz CT molecular complexity index is 1090. The zero-order valence-corrected chi connectivity index (χ0v) is 16.7. The van der Waals surface area contributed by atoms with E-state index in [1.54, 1.807) is 35.0 Å². The number of likely N-dealkylation sites (tertiary alicyclic amines) is 1. The van der Waals surface area contributed by atoms with Crippen LogP contribution in [0.25, 0.3) is 11.1 Å². The molecule has 1 saturated heterocycles. The highest BCUT2D eigenvalue weighted by molar-refractivity contribution is 6.03. The molecular formula is C23H21N5O2. The standard InChI is InChI=1S/C23H21N5O2/c1-26-22(29)17-11-19(16-6-4-15(13-24)5-7-16)18-8-10-28(21(18)12-17)23(30)20-3-2-9-27(20)14-25/h4-7,11-12,20H,2-3,8-10H2,1H3,(H,26,29)/t20-/m0/s1. The first kappa shape index (κ1) is 19.5. The molecule has 2 heterocycles. The van der Waals surface area contributed by atoms with Crippen LogP contribution in [0.15, 0.2) is 36.4 Å². The predicted octanol–water partition coefficient (Wildman–Crippen LogP) is 2.42. The van der Waals surface area contributed by atoms with E-state index in [2.05, 4.69) is 17.6 Å². The topological polar surface area (TPSA) is 100 Å². The maximum atomic E-state index is 13.3. The fourth-order valence-corrected chi connectivity index (χ4v) is 4.31. The zero-order chi connectivity index (χ0) is 21.3. The van der Waals surface area contributed by atoms with Gasteiger partial charge >= 0.3 is 0 Å². The Labute approximate surface area is 175 Å². The molecule has 2 aromatic rings. The molecule has 1 fully saturated rings. The van der Waals surface area contributed by atoms with Crippen molar-refractivity contribution >= 4 is 17.5 Å². The second kappa shape index (κ2) is 7.88. The highest BCUT2D eigenvalue weighted by atomic mass is 16.2. The first-order valence-corrected chi connectivity index (χ1v) is 9.94. The van der Waals surface area contributed by atoms with Gasteiger partial charge in [-0.2, -0.15) is 10.5 Å². The van der Waals surface area contributed by atoms with E-state index >= 15 is 0 Å². The van der Waals surface area contributed by atoms with Gasteiger partial charge in [0.2, 0.25) is 5.91 Å². The Morgan fingerprint density at radius 2 is 1.90 bits per heavy atom. The number of anilines is 1. The van der Waals surface area contributed by atoms with Crippen LogP contribution >= 0.6 is 0 Å². The second-order valence-electron chi connectivity index (χ2n) is 7.48. The van der Waals surface area contributed by atoms with Crippen LogP contribution in [0, 0.1) is 22.8 Å². The third-order valence-electron chi connectivity index (χ3n) is 5.85. The third-order valence-corrected chi connectivity index (χ3v) is 5.85. The van der Waals surface area contributed by atoms with Crippen LogP contribution in [0.4, 0.5) is 5.69 Å². The van der Waals surface area contributed by atoms with E-state index in [4.69, 9.17) is 5.26 Å². The van der Waals surface area contributed by atoms with E-state index in [1.807, 2.05) is 18.2 Å². The van der Waals surface area contributed by atoms with Crippen LogP contribution in [-0.4, -0.2) is 42.9 Å². The van der Waals surface area contributed by atoms with E-state index < -0.39 is 6.04 Å². The number of rotatable bonds is 3. The van der Waals surface area contributed by atoms with Gasteiger partial charge < -0.3 is 10.2 Å². The van der Waals surface area contributed by atoms with Crippen molar-refractivity contribution in [1.82, 2.24) is 10.2 Å². The fraction of sp³-hybridized carbons (Fsp3) is 0.304. The number of nitriles is 2. The molecule has 0 spiro atoms. The van der Waals surface area contributed by atoms with Gasteiger partial charge in [0.1, 0.15) is 6.04 Å². The molecule has 2 aliphatic rings. The Morgan fingerprint density at radius 3 is 2.57 bits per heavy atom. The smallest absolute Gasteiger partial charge is 0.251 e. The molecule has 0 bridgehead atoms. The van der Waals surface area contributed by atoms with Gasteiger partial charge in [0.25, 0.3) is 5.91 Å². The SMILES string of the molecule is CNC(=O)c1cc(-c2ccc(C#N)cc2)c2c(c1)N(C(=O)[C@@H]1CCCN1C#N)CC2. The molecular weight excluding hydrogens is 378 g/mol. The number of nitrogens with one attached hydrogen (secondary N) is 1. The number of carbonyl (C=O) groups excluding carboxylic acids is 2. The van der Waals surface area contributed by atoms with Crippen molar-refractivity contribution in [2.45, 2.75) is 25.3 Å². The minimum Gasteiger partial charge on any atom is -0.355 e. The van der Waals surface area contributed by atoms with Crippen LogP contribution in [0.5, 0.6) is 0 Å². The summed E-state index contributed by atoms with van der Waals surface area (Å²) in [7, 11) is 1.57. The molecule has 0 unspecified atom stereocenters. The summed E-state index contributed by atoms with van der Waals surface area (Å²) in [5.41, 5.74) is 4.54. The summed E-state index contributed by atoms with van der Waals surface area (Å²) < 4.78 is 0. The molecule has 7 nitrogen and oxygen atoms in total. The molecule has 4 rings (SSSR count). The predicted molar refractivity (Wildman–Crippen MR) is 111 cm³/mol. The Kier molecular flexibility index (Phi) is 5.12. The van der Waals surface area contributed by atoms with E-state index in [-0.39, 0.29) is 11.8 Å². The molecule has 7 heteroatoms. The van der Waals surface area contributed by atoms with Gasteiger partial charge in [0.05, 0.1) is 11.6 Å². The normalized spacial score (nSPS) is 17.2. The molecule has 0 radical (unpaired) electrons. The van der Waals surface area contributed by atoms with Crippen molar-refractivity contribution in [3.63, 3.8) is 0 Å². The first-order chi connectivity index (χ1) is 14.6. The summed E-state index contributed by atoms with van der Waals surface area (Å²) in [6.45, 7) is 1.12. The van der Waals surface area contributed by atoms with Crippen molar-refractivity contribution in [2.24, 2.45) is 0 Å². The van der Waals surface area contributed by atoms with Crippen molar-refractivity contribution in [2.75, 3.05) is 25.0 Å². The number of benzene rings is 2. The summed E-state index contributed by atoms with van der Waals surface area (Å²) in [5, 5.41) is 21.1.